The number of nitrogens with zero attached hydrogens (tertiary/aromatic N) is 4. The smallest absolute Gasteiger partial charge is 0.302 e. The predicted octanol–water partition coefficient (Wildman–Crippen LogP) is 8.48. The average molecular weight is 695 g/mol. The summed E-state index contributed by atoms with van der Waals surface area (Å²) in [5.41, 5.74) is 4.35. The van der Waals surface area contributed by atoms with Gasteiger partial charge in [-0.05, 0) is 80.5 Å². The normalized spacial score (nSPS) is 13.5. The Morgan fingerprint density at radius 1 is 0.840 bits per heavy atom. The van der Waals surface area contributed by atoms with Crippen LogP contribution < -0.4 is 4.90 Å². The van der Waals surface area contributed by atoms with Crippen molar-refractivity contribution in [2.24, 2.45) is 0 Å². The SMILES string of the molecule is CCCCc1c(C=CC2=C(C#N)C(=C(C#N)C#N)OC2(C)C)sc(C=Cc2ccc(N(CCOC(C)=O)CCOC(C)=O)cc2)c1CCCC. The van der Waals surface area contributed by atoms with E-state index >= 15 is 0 Å². The molecule has 1 aromatic heterocycles. The molecule has 0 amide bonds. The van der Waals surface area contributed by atoms with Gasteiger partial charge in [0.2, 0.25) is 0 Å². The second kappa shape index (κ2) is 19.2. The summed E-state index contributed by atoms with van der Waals surface area (Å²) >= 11 is 1.72. The van der Waals surface area contributed by atoms with Crippen LogP contribution in [0.2, 0.25) is 0 Å². The zero-order valence-electron chi connectivity index (χ0n) is 29.9. The molecule has 0 unspecified atom stereocenters. The molecular weight excluding hydrogens is 649 g/mol. The molecule has 0 spiro atoms. The number of thiophene rings is 1. The van der Waals surface area contributed by atoms with Gasteiger partial charge in [-0.25, -0.2) is 0 Å². The lowest BCUT2D eigenvalue weighted by Gasteiger charge is -2.24. The van der Waals surface area contributed by atoms with E-state index in [1.807, 2.05) is 61.2 Å². The van der Waals surface area contributed by atoms with Crippen LogP contribution in [0.4, 0.5) is 5.69 Å². The predicted molar refractivity (Wildman–Crippen MR) is 197 cm³/mol. The van der Waals surface area contributed by atoms with Crippen molar-refractivity contribution < 1.29 is 23.8 Å². The van der Waals surface area contributed by atoms with Crippen LogP contribution in [-0.2, 0) is 36.6 Å². The molecule has 0 atom stereocenters. The molecule has 3 rings (SSSR count). The quantitative estimate of drug-likeness (QED) is 0.118. The minimum atomic E-state index is -0.882. The molecule has 0 saturated carbocycles. The molecule has 2 heterocycles. The molecule has 50 heavy (non-hydrogen) atoms. The third kappa shape index (κ3) is 10.7. The topological polar surface area (TPSA) is 136 Å². The summed E-state index contributed by atoms with van der Waals surface area (Å²) < 4.78 is 16.3. The van der Waals surface area contributed by atoms with Crippen molar-refractivity contribution >= 4 is 47.2 Å². The van der Waals surface area contributed by atoms with Crippen molar-refractivity contribution in [1.29, 1.82) is 15.8 Å². The maximum atomic E-state index is 11.3. The molecule has 9 nitrogen and oxygen atoms in total. The van der Waals surface area contributed by atoms with Crippen molar-refractivity contribution in [2.75, 3.05) is 31.2 Å². The molecule has 2 aromatic rings. The van der Waals surface area contributed by atoms with Gasteiger partial charge in [0.15, 0.2) is 11.3 Å². The zero-order chi connectivity index (χ0) is 36.7. The minimum absolute atomic E-state index is 0.0368. The van der Waals surface area contributed by atoms with Crippen LogP contribution in [0.25, 0.3) is 18.2 Å². The van der Waals surface area contributed by atoms with Crippen LogP contribution in [0.15, 0.2) is 52.8 Å². The van der Waals surface area contributed by atoms with Crippen LogP contribution in [0, 0.1) is 34.0 Å². The fraction of sp³-hybridized carbons (Fsp3) is 0.425. The van der Waals surface area contributed by atoms with E-state index in [1.165, 1.54) is 29.9 Å². The van der Waals surface area contributed by atoms with Crippen LogP contribution in [0.5, 0.6) is 0 Å². The van der Waals surface area contributed by atoms with Crippen molar-refractivity contribution in [2.45, 2.75) is 85.7 Å². The number of esters is 2. The summed E-state index contributed by atoms with van der Waals surface area (Å²) in [5, 5.41) is 28.9. The maximum absolute atomic E-state index is 11.3. The van der Waals surface area contributed by atoms with Crippen LogP contribution in [-0.4, -0.2) is 43.8 Å². The molecule has 0 bridgehead atoms. The Kier molecular flexibility index (Phi) is 15.1. The standard InChI is InChI=1S/C40H46N4O5S/c1-7-9-11-33-34(12-10-8-2)38(20-18-36-35(27-43)39(31(25-41)26-42)49-40(36,5)6)50-37(33)19-15-30-13-16-32(17-14-30)44(21-23-47-28(3)45)22-24-48-29(4)46/h13-20H,7-12,21-24H2,1-6H3. The number of allylic oxidation sites excluding steroid dienone is 2. The number of hydrogen-bond acceptors (Lipinski definition) is 10. The third-order valence-corrected chi connectivity index (χ3v) is 9.43. The van der Waals surface area contributed by atoms with Gasteiger partial charge in [-0.2, -0.15) is 15.8 Å². The molecule has 1 aromatic carbocycles. The fourth-order valence-electron chi connectivity index (χ4n) is 5.64. The Morgan fingerprint density at radius 3 is 1.82 bits per heavy atom. The minimum Gasteiger partial charge on any atom is -0.480 e. The molecule has 0 aliphatic carbocycles. The molecule has 0 saturated heterocycles. The van der Waals surface area contributed by atoms with Crippen molar-refractivity contribution in [3.63, 3.8) is 0 Å². The first-order valence-electron chi connectivity index (χ1n) is 17.0. The van der Waals surface area contributed by atoms with E-state index in [-0.39, 0.29) is 42.1 Å². The van der Waals surface area contributed by atoms with Gasteiger partial charge in [-0.15, -0.1) is 11.3 Å². The van der Waals surface area contributed by atoms with E-state index < -0.39 is 5.60 Å². The first-order chi connectivity index (χ1) is 24.0. The van der Waals surface area contributed by atoms with Gasteiger partial charge >= 0.3 is 11.9 Å². The van der Waals surface area contributed by atoms with E-state index in [9.17, 15) is 25.4 Å². The molecular formula is C40H46N4O5S. The highest BCUT2D eigenvalue weighted by molar-refractivity contribution is 7.14. The van der Waals surface area contributed by atoms with Gasteiger partial charge in [0.25, 0.3) is 0 Å². The highest BCUT2D eigenvalue weighted by Crippen LogP contribution is 2.41. The van der Waals surface area contributed by atoms with Gasteiger partial charge in [-0.1, -0.05) is 51.0 Å². The lowest BCUT2D eigenvalue weighted by atomic mass is 9.93. The Labute approximate surface area is 300 Å². The van der Waals surface area contributed by atoms with Gasteiger partial charge in [0.1, 0.15) is 42.6 Å². The van der Waals surface area contributed by atoms with Gasteiger partial charge < -0.3 is 19.1 Å². The third-order valence-electron chi connectivity index (χ3n) is 8.22. The average Bonchev–Trinajstić information content (AvgIpc) is 3.55. The summed E-state index contributed by atoms with van der Waals surface area (Å²) in [5.74, 6) is -0.648. The summed E-state index contributed by atoms with van der Waals surface area (Å²) in [7, 11) is 0. The lowest BCUT2D eigenvalue weighted by Crippen LogP contribution is -2.31. The number of carbonyl (C=O) groups excluding carboxylic acids is 2. The van der Waals surface area contributed by atoms with Crippen molar-refractivity contribution in [3.8, 4) is 18.2 Å². The number of nitriles is 3. The van der Waals surface area contributed by atoms with Gasteiger partial charge in [0.05, 0.1) is 13.1 Å². The van der Waals surface area contributed by atoms with E-state index in [0.29, 0.717) is 18.7 Å². The number of anilines is 1. The van der Waals surface area contributed by atoms with Gasteiger partial charge in [-0.3, -0.25) is 9.59 Å². The lowest BCUT2D eigenvalue weighted by molar-refractivity contribution is -0.141. The Bertz CT molecular complexity index is 1740. The molecule has 10 heteroatoms. The summed E-state index contributed by atoms with van der Waals surface area (Å²) in [6, 6.07) is 14.0. The molecule has 0 N–H and O–H groups in total. The maximum Gasteiger partial charge on any atom is 0.302 e. The second-order valence-electron chi connectivity index (χ2n) is 12.4. The number of unbranched alkanes of at least 4 members (excludes halogenated alkanes) is 2. The van der Waals surface area contributed by atoms with Crippen LogP contribution in [0.3, 0.4) is 0 Å². The van der Waals surface area contributed by atoms with Crippen molar-refractivity contribution in [3.05, 3.63) is 79.3 Å². The summed E-state index contributed by atoms with van der Waals surface area (Å²) in [6.07, 6.45) is 14.4. The fourth-order valence-corrected chi connectivity index (χ4v) is 6.85. The number of rotatable bonds is 17. The number of benzene rings is 1. The van der Waals surface area contributed by atoms with E-state index in [2.05, 4.69) is 38.1 Å². The zero-order valence-corrected chi connectivity index (χ0v) is 30.7. The van der Waals surface area contributed by atoms with Crippen molar-refractivity contribution in [1.82, 2.24) is 0 Å². The van der Waals surface area contributed by atoms with E-state index in [4.69, 9.17) is 14.2 Å². The van der Waals surface area contributed by atoms with Crippen LogP contribution in [0.1, 0.15) is 93.7 Å². The second-order valence-corrected chi connectivity index (χ2v) is 13.4. The Morgan fingerprint density at radius 2 is 1.36 bits per heavy atom. The van der Waals surface area contributed by atoms with E-state index in [0.717, 1.165) is 54.7 Å². The summed E-state index contributed by atoms with van der Waals surface area (Å²) in [4.78, 5) is 26.9. The highest BCUT2D eigenvalue weighted by atomic mass is 32.1. The van der Waals surface area contributed by atoms with E-state index in [1.54, 1.807) is 11.3 Å². The molecule has 1 aliphatic rings. The molecule has 0 fully saturated rings. The highest BCUT2D eigenvalue weighted by Gasteiger charge is 2.38. The number of carbonyl (C=O) groups is 2. The first-order valence-corrected chi connectivity index (χ1v) is 17.8. The Hall–Kier alpha value is -5.11. The molecule has 262 valence electrons. The number of ether oxygens (including phenoxy) is 3. The largest absolute Gasteiger partial charge is 0.480 e. The molecule has 1 aliphatic heterocycles. The molecule has 0 radical (unpaired) electrons. The first kappa shape index (κ1) is 39.3. The summed E-state index contributed by atoms with van der Waals surface area (Å²) in [6.45, 7) is 12.2. The van der Waals surface area contributed by atoms with Gasteiger partial charge in [0, 0.05) is 34.9 Å². The Balaban J connectivity index is 1.99. The monoisotopic (exact) mass is 694 g/mol. The number of hydrogen-bond donors (Lipinski definition) is 0. The van der Waals surface area contributed by atoms with Crippen LogP contribution >= 0.6 is 11.3 Å².